The van der Waals surface area contributed by atoms with Crippen LogP contribution in [0.15, 0.2) is 42.5 Å². The smallest absolute Gasteiger partial charge is 0.171 e. The van der Waals surface area contributed by atoms with Crippen LogP contribution in [-0.4, -0.2) is 11.7 Å². The summed E-state index contributed by atoms with van der Waals surface area (Å²) in [6.07, 6.45) is 0.962. The minimum Gasteiger partial charge on any atom is -0.494 e. The van der Waals surface area contributed by atoms with Crippen LogP contribution in [0.5, 0.6) is 5.75 Å². The van der Waals surface area contributed by atoms with Crippen molar-refractivity contribution in [3.8, 4) is 5.75 Å². The van der Waals surface area contributed by atoms with Gasteiger partial charge in [0.2, 0.25) is 0 Å². The highest BCUT2D eigenvalue weighted by Crippen LogP contribution is 2.21. The maximum Gasteiger partial charge on any atom is 0.171 e. The quantitative estimate of drug-likeness (QED) is 0.712. The van der Waals surface area contributed by atoms with Gasteiger partial charge in [-0.25, -0.2) is 0 Å². The molecule has 0 saturated carbocycles. The van der Waals surface area contributed by atoms with Gasteiger partial charge < -0.3 is 15.4 Å². The highest BCUT2D eigenvalue weighted by atomic mass is 32.1. The van der Waals surface area contributed by atoms with Crippen LogP contribution in [0.3, 0.4) is 0 Å². The van der Waals surface area contributed by atoms with Gasteiger partial charge in [-0.3, -0.25) is 0 Å². The van der Waals surface area contributed by atoms with Gasteiger partial charge in [0.25, 0.3) is 0 Å². The normalized spacial score (nSPS) is 11.7. The molecule has 128 valence electrons. The first-order valence-corrected chi connectivity index (χ1v) is 8.81. The van der Waals surface area contributed by atoms with E-state index in [1.807, 2.05) is 31.2 Å². The molecule has 2 aromatic rings. The zero-order chi connectivity index (χ0) is 17.5. The molecule has 0 aliphatic heterocycles. The van der Waals surface area contributed by atoms with Gasteiger partial charge in [0.15, 0.2) is 5.11 Å². The largest absolute Gasteiger partial charge is 0.494 e. The first-order chi connectivity index (χ1) is 11.5. The molecule has 2 rings (SSSR count). The van der Waals surface area contributed by atoms with Crippen molar-refractivity contribution in [2.45, 2.75) is 40.2 Å². The van der Waals surface area contributed by atoms with E-state index in [1.165, 1.54) is 16.7 Å². The summed E-state index contributed by atoms with van der Waals surface area (Å²) in [5, 5.41) is 7.27. The van der Waals surface area contributed by atoms with E-state index in [4.69, 9.17) is 17.0 Å². The van der Waals surface area contributed by atoms with E-state index < -0.39 is 0 Å². The van der Waals surface area contributed by atoms with E-state index in [2.05, 4.69) is 49.6 Å². The van der Waals surface area contributed by atoms with Gasteiger partial charge in [0, 0.05) is 11.8 Å². The van der Waals surface area contributed by atoms with E-state index in [-0.39, 0.29) is 6.04 Å². The van der Waals surface area contributed by atoms with Gasteiger partial charge >= 0.3 is 0 Å². The van der Waals surface area contributed by atoms with Gasteiger partial charge in [0.05, 0.1) is 12.6 Å². The molecule has 4 heteroatoms. The number of hydrogen-bond acceptors (Lipinski definition) is 2. The number of nitrogens with one attached hydrogen (secondary N) is 2. The van der Waals surface area contributed by atoms with Crippen molar-refractivity contribution in [1.82, 2.24) is 5.32 Å². The number of hydrogen-bond donors (Lipinski definition) is 2. The number of rotatable bonds is 6. The molecule has 3 nitrogen and oxygen atoms in total. The molecule has 2 aromatic carbocycles. The lowest BCUT2D eigenvalue weighted by atomic mass is 9.99. The van der Waals surface area contributed by atoms with Crippen molar-refractivity contribution < 1.29 is 4.74 Å². The lowest BCUT2D eigenvalue weighted by Gasteiger charge is -2.21. The van der Waals surface area contributed by atoms with Gasteiger partial charge in [-0.15, -0.1) is 0 Å². The van der Waals surface area contributed by atoms with Gasteiger partial charge in [-0.1, -0.05) is 31.2 Å². The van der Waals surface area contributed by atoms with Crippen LogP contribution < -0.4 is 15.4 Å². The zero-order valence-corrected chi connectivity index (χ0v) is 15.7. The van der Waals surface area contributed by atoms with Crippen LogP contribution in [0.1, 0.15) is 43.0 Å². The van der Waals surface area contributed by atoms with Crippen LogP contribution >= 0.6 is 12.2 Å². The Kier molecular flexibility index (Phi) is 6.62. The molecule has 24 heavy (non-hydrogen) atoms. The lowest BCUT2D eigenvalue weighted by Crippen LogP contribution is -2.32. The summed E-state index contributed by atoms with van der Waals surface area (Å²) >= 11 is 5.48. The second-order valence-electron chi connectivity index (χ2n) is 5.86. The molecule has 0 unspecified atom stereocenters. The fourth-order valence-electron chi connectivity index (χ4n) is 2.56. The second-order valence-corrected chi connectivity index (χ2v) is 6.27. The first kappa shape index (κ1) is 18.3. The van der Waals surface area contributed by atoms with Gasteiger partial charge in [-0.05, 0) is 68.2 Å². The molecular formula is C20H26N2OS. The average Bonchev–Trinajstić information content (AvgIpc) is 2.56. The zero-order valence-electron chi connectivity index (χ0n) is 14.8. The topological polar surface area (TPSA) is 33.3 Å². The molecular weight excluding hydrogens is 316 g/mol. The molecule has 0 amide bonds. The van der Waals surface area contributed by atoms with Crippen LogP contribution in [0.4, 0.5) is 5.69 Å². The highest BCUT2D eigenvalue weighted by molar-refractivity contribution is 7.80. The molecule has 0 radical (unpaired) electrons. The summed E-state index contributed by atoms with van der Waals surface area (Å²) in [4.78, 5) is 0. The number of anilines is 1. The molecule has 0 saturated heterocycles. The molecule has 1 atom stereocenters. The summed E-state index contributed by atoms with van der Waals surface area (Å²) in [6, 6.07) is 14.6. The fourth-order valence-corrected chi connectivity index (χ4v) is 2.82. The summed E-state index contributed by atoms with van der Waals surface area (Å²) in [5.74, 6) is 0.839. The monoisotopic (exact) mass is 342 g/mol. The van der Waals surface area contributed by atoms with Crippen LogP contribution in [-0.2, 0) is 0 Å². The third kappa shape index (κ3) is 4.96. The van der Waals surface area contributed by atoms with Crippen LogP contribution in [0.25, 0.3) is 0 Å². The standard InChI is InChI=1S/C20H26N2OS/c1-5-19(16-11-10-14(3)15(4)12-16)22-20(24)21-17-8-7-9-18(13-17)23-6-2/h7-13,19H,5-6H2,1-4H3,(H2,21,22,24)/t19-/m1/s1. The van der Waals surface area contributed by atoms with Crippen molar-refractivity contribution in [1.29, 1.82) is 0 Å². The Morgan fingerprint density at radius 3 is 2.54 bits per heavy atom. The average molecular weight is 343 g/mol. The predicted octanol–water partition coefficient (Wildman–Crippen LogP) is 5.14. The third-order valence-corrected chi connectivity index (χ3v) is 4.27. The minimum absolute atomic E-state index is 0.194. The highest BCUT2D eigenvalue weighted by Gasteiger charge is 2.11. The van der Waals surface area contributed by atoms with Gasteiger partial charge in [0.1, 0.15) is 5.75 Å². The van der Waals surface area contributed by atoms with E-state index >= 15 is 0 Å². The Balaban J connectivity index is 2.04. The Morgan fingerprint density at radius 2 is 1.88 bits per heavy atom. The Hall–Kier alpha value is -2.07. The van der Waals surface area contributed by atoms with E-state index in [0.717, 1.165) is 17.9 Å². The molecule has 0 bridgehead atoms. The SMILES string of the molecule is CCOc1cccc(NC(=S)N[C@H](CC)c2ccc(C)c(C)c2)c1. The minimum atomic E-state index is 0.194. The molecule has 0 aliphatic rings. The van der Waals surface area contributed by atoms with Crippen LogP contribution in [0, 0.1) is 13.8 Å². The van der Waals surface area contributed by atoms with Crippen molar-refractivity contribution >= 4 is 23.0 Å². The summed E-state index contributed by atoms with van der Waals surface area (Å²) in [5.41, 5.74) is 4.79. The fraction of sp³-hybridized carbons (Fsp3) is 0.350. The number of aryl methyl sites for hydroxylation is 2. The third-order valence-electron chi connectivity index (χ3n) is 4.05. The van der Waals surface area contributed by atoms with E-state index in [1.54, 1.807) is 0 Å². The van der Waals surface area contributed by atoms with Crippen molar-refractivity contribution in [2.75, 3.05) is 11.9 Å². The van der Waals surface area contributed by atoms with Crippen molar-refractivity contribution in [3.05, 3.63) is 59.2 Å². The molecule has 0 fully saturated rings. The van der Waals surface area contributed by atoms with Gasteiger partial charge in [-0.2, -0.15) is 0 Å². The number of benzene rings is 2. The van der Waals surface area contributed by atoms with E-state index in [0.29, 0.717) is 11.7 Å². The number of thiocarbonyl (C=S) groups is 1. The maximum absolute atomic E-state index is 5.52. The molecule has 0 heterocycles. The van der Waals surface area contributed by atoms with E-state index in [9.17, 15) is 0 Å². The first-order valence-electron chi connectivity index (χ1n) is 8.41. The summed E-state index contributed by atoms with van der Waals surface area (Å²) in [7, 11) is 0. The second kappa shape index (κ2) is 8.69. The lowest BCUT2D eigenvalue weighted by molar-refractivity contribution is 0.340. The molecule has 0 spiro atoms. The Labute approximate surface area is 150 Å². The van der Waals surface area contributed by atoms with Crippen LogP contribution in [0.2, 0.25) is 0 Å². The number of ether oxygens (including phenoxy) is 1. The molecule has 0 aliphatic carbocycles. The summed E-state index contributed by atoms with van der Waals surface area (Å²) in [6.45, 7) is 9.05. The van der Waals surface area contributed by atoms with Crippen molar-refractivity contribution in [2.24, 2.45) is 0 Å². The molecule has 0 aromatic heterocycles. The van der Waals surface area contributed by atoms with Crippen molar-refractivity contribution in [3.63, 3.8) is 0 Å². The Morgan fingerprint density at radius 1 is 1.08 bits per heavy atom. The summed E-state index contributed by atoms with van der Waals surface area (Å²) < 4.78 is 5.52. The predicted molar refractivity (Wildman–Crippen MR) is 106 cm³/mol. The Bertz CT molecular complexity index is 700. The molecule has 2 N–H and O–H groups in total. The maximum atomic E-state index is 5.52.